The summed E-state index contributed by atoms with van der Waals surface area (Å²) >= 11 is 0. The Labute approximate surface area is 81.9 Å². The second-order valence-corrected chi connectivity index (χ2v) is 4.97. The molecule has 2 N–H and O–H groups in total. The normalized spacial score (nSPS) is 16.7. The van der Waals surface area contributed by atoms with E-state index in [0.717, 1.165) is 19.3 Å². The molecule has 1 unspecified atom stereocenters. The number of hydrogen-bond acceptors (Lipinski definition) is 1. The molecule has 0 saturated carbocycles. The Kier molecular flexibility index (Phi) is 3.95. The van der Waals surface area contributed by atoms with Gasteiger partial charge in [0.15, 0.2) is 0 Å². The van der Waals surface area contributed by atoms with Crippen molar-refractivity contribution in [1.82, 2.24) is 0 Å². The summed E-state index contributed by atoms with van der Waals surface area (Å²) in [5.41, 5.74) is 5.28. The average Bonchev–Trinajstić information content (AvgIpc) is 2.03. The van der Waals surface area contributed by atoms with E-state index in [1.165, 1.54) is 0 Å². The number of amides is 1. The Balaban J connectivity index is 4.54. The van der Waals surface area contributed by atoms with Gasteiger partial charge in [0.05, 0.1) is 0 Å². The van der Waals surface area contributed by atoms with Crippen molar-refractivity contribution < 1.29 is 4.79 Å². The van der Waals surface area contributed by atoms with Crippen LogP contribution in [-0.4, -0.2) is 5.91 Å². The highest BCUT2D eigenvalue weighted by Crippen LogP contribution is 2.38. The van der Waals surface area contributed by atoms with Gasteiger partial charge in [0, 0.05) is 5.41 Å². The number of carbonyl (C=O) groups is 1. The van der Waals surface area contributed by atoms with E-state index in [1.807, 2.05) is 13.8 Å². The quantitative estimate of drug-likeness (QED) is 0.703. The average molecular weight is 185 g/mol. The van der Waals surface area contributed by atoms with Crippen LogP contribution in [0, 0.1) is 10.8 Å². The van der Waals surface area contributed by atoms with Crippen molar-refractivity contribution in [3.63, 3.8) is 0 Å². The number of primary amides is 1. The molecule has 0 aromatic carbocycles. The van der Waals surface area contributed by atoms with E-state index in [-0.39, 0.29) is 16.7 Å². The van der Waals surface area contributed by atoms with Gasteiger partial charge in [0.1, 0.15) is 0 Å². The summed E-state index contributed by atoms with van der Waals surface area (Å²) in [5, 5.41) is 0. The summed E-state index contributed by atoms with van der Waals surface area (Å²) in [6, 6.07) is 0. The van der Waals surface area contributed by atoms with Crippen LogP contribution < -0.4 is 5.73 Å². The molecule has 0 fully saturated rings. The molecule has 0 heterocycles. The molecule has 0 aliphatic rings. The topological polar surface area (TPSA) is 43.1 Å². The zero-order valence-corrected chi connectivity index (χ0v) is 9.61. The molecule has 0 radical (unpaired) electrons. The van der Waals surface area contributed by atoms with E-state index >= 15 is 0 Å². The number of nitrogens with two attached hydrogens (primary N) is 1. The van der Waals surface area contributed by atoms with Crippen LogP contribution in [0.25, 0.3) is 0 Å². The minimum absolute atomic E-state index is 0.170. The van der Waals surface area contributed by atoms with Crippen LogP contribution in [0.15, 0.2) is 0 Å². The highest BCUT2D eigenvalue weighted by atomic mass is 16.1. The lowest BCUT2D eigenvalue weighted by Crippen LogP contribution is -2.37. The van der Waals surface area contributed by atoms with Crippen molar-refractivity contribution >= 4 is 5.91 Å². The van der Waals surface area contributed by atoms with Crippen LogP contribution in [0.4, 0.5) is 0 Å². The summed E-state index contributed by atoms with van der Waals surface area (Å²) in [6.07, 6.45) is 2.78. The van der Waals surface area contributed by atoms with Crippen molar-refractivity contribution in [1.29, 1.82) is 0 Å². The molecule has 1 atom stereocenters. The lowest BCUT2D eigenvalue weighted by atomic mass is 9.71. The molecule has 2 nitrogen and oxygen atoms in total. The lowest BCUT2D eigenvalue weighted by molar-refractivity contribution is -0.128. The molecule has 0 aliphatic carbocycles. The van der Waals surface area contributed by atoms with Gasteiger partial charge in [-0.1, -0.05) is 41.0 Å². The Hall–Kier alpha value is -0.530. The van der Waals surface area contributed by atoms with Gasteiger partial charge >= 0.3 is 0 Å². The van der Waals surface area contributed by atoms with Gasteiger partial charge < -0.3 is 5.73 Å². The molecular weight excluding hydrogens is 162 g/mol. The first kappa shape index (κ1) is 12.5. The first-order chi connectivity index (χ1) is 5.77. The Morgan fingerprint density at radius 3 is 1.85 bits per heavy atom. The van der Waals surface area contributed by atoms with E-state index in [0.29, 0.717) is 0 Å². The zero-order valence-electron chi connectivity index (χ0n) is 9.61. The minimum Gasteiger partial charge on any atom is -0.369 e. The Morgan fingerprint density at radius 1 is 1.15 bits per heavy atom. The summed E-state index contributed by atoms with van der Waals surface area (Å²) < 4.78 is 0. The van der Waals surface area contributed by atoms with Crippen molar-refractivity contribution in [2.45, 2.75) is 53.9 Å². The molecule has 0 aromatic heterocycles. The van der Waals surface area contributed by atoms with Crippen LogP contribution in [-0.2, 0) is 4.79 Å². The second kappa shape index (κ2) is 4.12. The van der Waals surface area contributed by atoms with Gasteiger partial charge in [-0.3, -0.25) is 4.79 Å². The Morgan fingerprint density at radius 2 is 1.62 bits per heavy atom. The molecule has 0 saturated heterocycles. The van der Waals surface area contributed by atoms with Crippen molar-refractivity contribution in [2.75, 3.05) is 0 Å². The summed E-state index contributed by atoms with van der Waals surface area (Å²) in [4.78, 5) is 11.3. The molecule has 1 amide bonds. The highest BCUT2D eigenvalue weighted by Gasteiger charge is 2.34. The van der Waals surface area contributed by atoms with Gasteiger partial charge in [-0.05, 0) is 18.3 Å². The van der Waals surface area contributed by atoms with Gasteiger partial charge in [0.25, 0.3) is 0 Å². The fraction of sp³-hybridized carbons (Fsp3) is 0.909. The molecule has 13 heavy (non-hydrogen) atoms. The molecular formula is C11H23NO. The van der Waals surface area contributed by atoms with Crippen LogP contribution in [0.5, 0.6) is 0 Å². The van der Waals surface area contributed by atoms with Gasteiger partial charge in [-0.15, -0.1) is 0 Å². The number of hydrogen-bond donors (Lipinski definition) is 1. The van der Waals surface area contributed by atoms with Crippen LogP contribution in [0.3, 0.4) is 0 Å². The van der Waals surface area contributed by atoms with Crippen LogP contribution >= 0.6 is 0 Å². The molecule has 78 valence electrons. The van der Waals surface area contributed by atoms with Crippen LogP contribution in [0.1, 0.15) is 53.9 Å². The molecule has 0 spiro atoms. The third-order valence-electron chi connectivity index (χ3n) is 3.20. The first-order valence-corrected chi connectivity index (χ1v) is 5.07. The van der Waals surface area contributed by atoms with Crippen molar-refractivity contribution in [3.8, 4) is 0 Å². The van der Waals surface area contributed by atoms with Gasteiger partial charge in [-0.25, -0.2) is 0 Å². The summed E-state index contributed by atoms with van der Waals surface area (Å²) in [5.74, 6) is -0.170. The van der Waals surface area contributed by atoms with E-state index in [2.05, 4.69) is 20.8 Å². The van der Waals surface area contributed by atoms with E-state index in [1.54, 1.807) is 0 Å². The highest BCUT2D eigenvalue weighted by molar-refractivity contribution is 5.80. The molecule has 0 aliphatic heterocycles. The van der Waals surface area contributed by atoms with Gasteiger partial charge in [-0.2, -0.15) is 0 Å². The minimum atomic E-state index is -0.334. The Bertz CT molecular complexity index is 187. The maximum Gasteiger partial charge on any atom is 0.223 e. The predicted octanol–water partition coefficient (Wildman–Crippen LogP) is 2.71. The molecule has 0 aromatic rings. The van der Waals surface area contributed by atoms with E-state index in [4.69, 9.17) is 5.73 Å². The van der Waals surface area contributed by atoms with Crippen LogP contribution in [0.2, 0.25) is 0 Å². The molecule has 2 heteroatoms. The smallest absolute Gasteiger partial charge is 0.223 e. The summed E-state index contributed by atoms with van der Waals surface area (Å²) in [6.45, 7) is 10.5. The number of rotatable bonds is 5. The maximum atomic E-state index is 11.3. The summed E-state index contributed by atoms with van der Waals surface area (Å²) in [7, 11) is 0. The van der Waals surface area contributed by atoms with Gasteiger partial charge in [0.2, 0.25) is 5.91 Å². The first-order valence-electron chi connectivity index (χ1n) is 5.07. The third kappa shape index (κ3) is 3.37. The monoisotopic (exact) mass is 185 g/mol. The van der Waals surface area contributed by atoms with E-state index in [9.17, 15) is 4.79 Å². The van der Waals surface area contributed by atoms with Crippen molar-refractivity contribution in [3.05, 3.63) is 0 Å². The lowest BCUT2D eigenvalue weighted by Gasteiger charge is -2.34. The fourth-order valence-electron chi connectivity index (χ4n) is 1.57. The SMILES string of the molecule is CCC(C)(C)CC(C)(CC)C(N)=O. The number of carbonyl (C=O) groups excluding carboxylic acids is 1. The fourth-order valence-corrected chi connectivity index (χ4v) is 1.57. The molecule has 0 bridgehead atoms. The van der Waals surface area contributed by atoms with E-state index < -0.39 is 0 Å². The zero-order chi connectivity index (χ0) is 10.7. The standard InChI is InChI=1S/C11H23NO/c1-6-10(3,4)8-11(5,7-2)9(12)13/h6-8H2,1-5H3,(H2,12,13). The maximum absolute atomic E-state index is 11.3. The van der Waals surface area contributed by atoms with Crippen molar-refractivity contribution in [2.24, 2.45) is 16.6 Å². The predicted molar refractivity (Wildman–Crippen MR) is 56.3 cm³/mol. The second-order valence-electron chi connectivity index (χ2n) is 4.97. The third-order valence-corrected chi connectivity index (χ3v) is 3.20. The molecule has 0 rings (SSSR count). The largest absolute Gasteiger partial charge is 0.369 e.